The molecule has 0 amide bonds. The molecule has 0 aromatic carbocycles. The molecule has 0 saturated heterocycles. The third-order valence-corrected chi connectivity index (χ3v) is 0.622. The summed E-state index contributed by atoms with van der Waals surface area (Å²) in [5.41, 5.74) is 10.5. The Labute approximate surface area is 66.9 Å². The van der Waals surface area contributed by atoms with Gasteiger partial charge in [0, 0.05) is 6.04 Å². The minimum atomic E-state index is 0. The van der Waals surface area contributed by atoms with E-state index in [1.54, 1.807) is 0 Å². The van der Waals surface area contributed by atoms with E-state index in [1.165, 1.54) is 0 Å². The SMILES string of the molecule is CC(N)CCN.[NaH]. The third kappa shape index (κ3) is 10.9. The van der Waals surface area contributed by atoms with E-state index in [0.29, 0.717) is 6.54 Å². The van der Waals surface area contributed by atoms with Crippen LogP contribution in [-0.4, -0.2) is 42.1 Å². The first-order valence-corrected chi connectivity index (χ1v) is 2.23. The number of rotatable bonds is 2. The Morgan fingerprint density at radius 2 is 2.00 bits per heavy atom. The van der Waals surface area contributed by atoms with Crippen LogP contribution < -0.4 is 11.5 Å². The van der Waals surface area contributed by atoms with Gasteiger partial charge in [-0.25, -0.2) is 0 Å². The summed E-state index contributed by atoms with van der Waals surface area (Å²) in [6, 6.07) is 0.273. The van der Waals surface area contributed by atoms with Crippen molar-refractivity contribution >= 4 is 29.6 Å². The van der Waals surface area contributed by atoms with Gasteiger partial charge >= 0.3 is 29.6 Å². The monoisotopic (exact) mass is 112 g/mol. The first kappa shape index (κ1) is 10.8. The Morgan fingerprint density at radius 1 is 1.57 bits per heavy atom. The van der Waals surface area contributed by atoms with Crippen molar-refractivity contribution in [2.24, 2.45) is 11.5 Å². The predicted octanol–water partition coefficient (Wildman–Crippen LogP) is -0.966. The summed E-state index contributed by atoms with van der Waals surface area (Å²) in [5.74, 6) is 0. The molecule has 0 radical (unpaired) electrons. The van der Waals surface area contributed by atoms with Gasteiger partial charge in [0.05, 0.1) is 0 Å². The van der Waals surface area contributed by atoms with Crippen molar-refractivity contribution in [2.45, 2.75) is 19.4 Å². The van der Waals surface area contributed by atoms with E-state index < -0.39 is 0 Å². The topological polar surface area (TPSA) is 52.0 Å². The van der Waals surface area contributed by atoms with Crippen LogP contribution in [0.1, 0.15) is 13.3 Å². The maximum absolute atomic E-state index is 5.32. The van der Waals surface area contributed by atoms with Crippen LogP contribution in [0.15, 0.2) is 0 Å². The maximum atomic E-state index is 5.32. The fourth-order valence-electron chi connectivity index (χ4n) is 0.263. The van der Waals surface area contributed by atoms with Crippen LogP contribution in [0, 0.1) is 0 Å². The Kier molecular flexibility index (Phi) is 10.7. The van der Waals surface area contributed by atoms with Crippen LogP contribution in [-0.2, 0) is 0 Å². The molecule has 0 aliphatic carbocycles. The summed E-state index contributed by atoms with van der Waals surface area (Å²) in [4.78, 5) is 0. The number of hydrogen-bond acceptors (Lipinski definition) is 2. The average molecular weight is 112 g/mol. The quantitative estimate of drug-likeness (QED) is 0.452. The van der Waals surface area contributed by atoms with E-state index in [-0.39, 0.29) is 35.6 Å². The van der Waals surface area contributed by atoms with Crippen molar-refractivity contribution in [3.8, 4) is 0 Å². The van der Waals surface area contributed by atoms with Crippen LogP contribution in [0.25, 0.3) is 0 Å². The fraction of sp³-hybridized carbons (Fsp3) is 1.00. The molecule has 1 unspecified atom stereocenters. The van der Waals surface area contributed by atoms with Crippen molar-refractivity contribution in [1.29, 1.82) is 0 Å². The van der Waals surface area contributed by atoms with Crippen LogP contribution in [0.5, 0.6) is 0 Å². The first-order valence-electron chi connectivity index (χ1n) is 2.23. The molecule has 7 heavy (non-hydrogen) atoms. The second-order valence-electron chi connectivity index (χ2n) is 1.55. The van der Waals surface area contributed by atoms with E-state index in [4.69, 9.17) is 11.5 Å². The van der Waals surface area contributed by atoms with Crippen LogP contribution >= 0.6 is 0 Å². The third-order valence-electron chi connectivity index (χ3n) is 0.622. The van der Waals surface area contributed by atoms with Gasteiger partial charge in [-0.15, -0.1) is 0 Å². The van der Waals surface area contributed by atoms with Gasteiger partial charge in [0.2, 0.25) is 0 Å². The Balaban J connectivity index is 0. The summed E-state index contributed by atoms with van der Waals surface area (Å²) in [7, 11) is 0. The molecule has 3 heteroatoms. The van der Waals surface area contributed by atoms with Gasteiger partial charge in [-0.2, -0.15) is 0 Å². The zero-order valence-corrected chi connectivity index (χ0v) is 4.15. The van der Waals surface area contributed by atoms with Crippen molar-refractivity contribution in [3.63, 3.8) is 0 Å². The van der Waals surface area contributed by atoms with E-state index in [0.717, 1.165) is 6.42 Å². The van der Waals surface area contributed by atoms with Crippen molar-refractivity contribution in [3.05, 3.63) is 0 Å². The molecule has 40 valence electrons. The molecular formula is C4H13N2Na. The average Bonchev–Trinajstić information content (AvgIpc) is 1.35. The summed E-state index contributed by atoms with van der Waals surface area (Å²) in [6.45, 7) is 2.66. The molecule has 4 N–H and O–H groups in total. The molecule has 2 nitrogen and oxygen atoms in total. The number of hydrogen-bond donors (Lipinski definition) is 2. The Morgan fingerprint density at radius 3 is 2.00 bits per heavy atom. The molecule has 0 bridgehead atoms. The zero-order valence-electron chi connectivity index (χ0n) is 4.15. The summed E-state index contributed by atoms with van der Waals surface area (Å²) in [6.07, 6.45) is 0.931. The van der Waals surface area contributed by atoms with Crippen LogP contribution in [0.2, 0.25) is 0 Å². The van der Waals surface area contributed by atoms with E-state index in [1.807, 2.05) is 6.92 Å². The molecular weight excluding hydrogens is 99.0 g/mol. The molecule has 0 aliphatic rings. The fourth-order valence-corrected chi connectivity index (χ4v) is 0.263. The zero-order chi connectivity index (χ0) is 4.99. The molecule has 0 spiro atoms. The molecule has 0 aromatic rings. The molecule has 0 aliphatic heterocycles. The second-order valence-corrected chi connectivity index (χ2v) is 1.55. The second kappa shape index (κ2) is 6.92. The standard InChI is InChI=1S/C4H12N2.Na.H/c1-4(6)2-3-5;;/h4H,2-3,5-6H2,1H3;;. The van der Waals surface area contributed by atoms with Crippen molar-refractivity contribution in [2.75, 3.05) is 6.54 Å². The normalized spacial score (nSPS) is 12.4. The van der Waals surface area contributed by atoms with Gasteiger partial charge in [-0.3, -0.25) is 0 Å². The van der Waals surface area contributed by atoms with Gasteiger partial charge < -0.3 is 11.5 Å². The van der Waals surface area contributed by atoms with Gasteiger partial charge in [0.1, 0.15) is 0 Å². The first-order chi connectivity index (χ1) is 2.77. The van der Waals surface area contributed by atoms with Crippen LogP contribution in [0.4, 0.5) is 0 Å². The van der Waals surface area contributed by atoms with Crippen molar-refractivity contribution < 1.29 is 0 Å². The van der Waals surface area contributed by atoms with Gasteiger partial charge in [0.15, 0.2) is 0 Å². The van der Waals surface area contributed by atoms with E-state index in [9.17, 15) is 0 Å². The Hall–Kier alpha value is 0.920. The van der Waals surface area contributed by atoms with E-state index in [2.05, 4.69) is 0 Å². The predicted molar refractivity (Wildman–Crippen MR) is 34.5 cm³/mol. The Bertz CT molecular complexity index is 30.9. The summed E-state index contributed by atoms with van der Waals surface area (Å²) >= 11 is 0. The molecule has 0 rings (SSSR count). The van der Waals surface area contributed by atoms with Crippen LogP contribution in [0.3, 0.4) is 0 Å². The minimum absolute atomic E-state index is 0. The molecule has 0 aromatic heterocycles. The van der Waals surface area contributed by atoms with Crippen molar-refractivity contribution in [1.82, 2.24) is 0 Å². The molecule has 0 saturated carbocycles. The van der Waals surface area contributed by atoms with Gasteiger partial charge in [-0.1, -0.05) is 0 Å². The van der Waals surface area contributed by atoms with Gasteiger partial charge in [0.25, 0.3) is 0 Å². The van der Waals surface area contributed by atoms with E-state index >= 15 is 0 Å². The summed E-state index contributed by atoms with van der Waals surface area (Å²) in [5, 5.41) is 0. The number of nitrogens with two attached hydrogens (primary N) is 2. The summed E-state index contributed by atoms with van der Waals surface area (Å²) < 4.78 is 0. The molecule has 0 heterocycles. The molecule has 1 atom stereocenters. The molecule has 0 fully saturated rings. The van der Waals surface area contributed by atoms with Gasteiger partial charge in [-0.05, 0) is 19.9 Å².